The van der Waals surface area contributed by atoms with Gasteiger partial charge in [-0.05, 0) is 31.8 Å². The summed E-state index contributed by atoms with van der Waals surface area (Å²) in [6, 6.07) is 0. The lowest BCUT2D eigenvalue weighted by Crippen LogP contribution is -2.20. The Hall–Kier alpha value is -0.350. The highest BCUT2D eigenvalue weighted by Crippen LogP contribution is 1.95. The van der Waals surface area contributed by atoms with Crippen molar-refractivity contribution in [3.63, 3.8) is 0 Å². The molecule has 0 saturated carbocycles. The Morgan fingerprint density at radius 1 is 1.19 bits per heavy atom. The van der Waals surface area contributed by atoms with Gasteiger partial charge in [0, 0.05) is 5.75 Å². The maximum atomic E-state index is 11.2. The third-order valence-corrected chi connectivity index (χ3v) is 3.98. The molecule has 96 valence electrons. The lowest BCUT2D eigenvalue weighted by molar-refractivity contribution is 0.556. The molecule has 0 aromatic heterocycles. The number of sulfone groups is 1. The highest BCUT2D eigenvalue weighted by atomic mass is 32.2. The van der Waals surface area contributed by atoms with E-state index in [1.54, 1.807) is 6.92 Å². The Labute approximate surface area is 100 Å². The summed E-state index contributed by atoms with van der Waals surface area (Å²) in [7, 11) is -2.80. The number of hydrogen-bond acceptors (Lipinski definition) is 3. The fourth-order valence-corrected chi connectivity index (χ4v) is 1.99. The number of allylic oxidation sites excluding steroid dienone is 1. The quantitative estimate of drug-likeness (QED) is 0.501. The fourth-order valence-electron chi connectivity index (χ4n) is 1.20. The van der Waals surface area contributed by atoms with Gasteiger partial charge in [-0.25, -0.2) is 8.42 Å². The van der Waals surface area contributed by atoms with Gasteiger partial charge < -0.3 is 5.32 Å². The van der Waals surface area contributed by atoms with Crippen LogP contribution in [0.15, 0.2) is 12.2 Å². The molecule has 0 spiro atoms. The highest BCUT2D eigenvalue weighted by Gasteiger charge is 2.03. The molecule has 4 heteroatoms. The van der Waals surface area contributed by atoms with E-state index in [1.807, 2.05) is 6.08 Å². The van der Waals surface area contributed by atoms with Crippen LogP contribution in [0.2, 0.25) is 0 Å². The average Bonchev–Trinajstić information content (AvgIpc) is 2.21. The normalized spacial score (nSPS) is 12.8. The Bertz CT molecular complexity index is 281. The van der Waals surface area contributed by atoms with Crippen LogP contribution in [-0.4, -0.2) is 33.0 Å². The molecule has 16 heavy (non-hydrogen) atoms. The van der Waals surface area contributed by atoms with E-state index < -0.39 is 9.84 Å². The van der Waals surface area contributed by atoms with Crippen molar-refractivity contribution in [1.82, 2.24) is 5.32 Å². The molecule has 0 aliphatic carbocycles. The Kier molecular flexibility index (Phi) is 8.57. The van der Waals surface area contributed by atoms with Crippen molar-refractivity contribution in [2.24, 2.45) is 5.92 Å². The van der Waals surface area contributed by atoms with Crippen LogP contribution in [0.1, 0.15) is 33.6 Å². The minimum Gasteiger partial charge on any atom is -0.316 e. The first-order chi connectivity index (χ1) is 7.48. The summed E-state index contributed by atoms with van der Waals surface area (Å²) in [4.78, 5) is 0. The summed E-state index contributed by atoms with van der Waals surface area (Å²) < 4.78 is 22.3. The smallest absolute Gasteiger partial charge is 0.150 e. The second kappa shape index (κ2) is 8.76. The SMILES string of the molecule is CCS(=O)(=O)CC/C=C/CCNCC(C)C. The number of rotatable bonds is 9. The van der Waals surface area contributed by atoms with Crippen molar-refractivity contribution in [2.45, 2.75) is 33.6 Å². The van der Waals surface area contributed by atoms with Crippen molar-refractivity contribution in [3.8, 4) is 0 Å². The Morgan fingerprint density at radius 2 is 1.81 bits per heavy atom. The van der Waals surface area contributed by atoms with Crippen LogP contribution >= 0.6 is 0 Å². The van der Waals surface area contributed by atoms with Gasteiger partial charge in [0.25, 0.3) is 0 Å². The van der Waals surface area contributed by atoms with Gasteiger partial charge in [0.15, 0.2) is 0 Å². The molecule has 0 fully saturated rings. The zero-order chi connectivity index (χ0) is 12.4. The Balaban J connectivity index is 3.42. The van der Waals surface area contributed by atoms with E-state index in [4.69, 9.17) is 0 Å². The standard InChI is InChI=1S/C12H25NO2S/c1-4-16(14,15)10-8-6-5-7-9-13-11-12(2)3/h5-6,12-13H,4,7-11H2,1-3H3/b6-5+. The summed E-state index contributed by atoms with van der Waals surface area (Å²) >= 11 is 0. The van der Waals surface area contributed by atoms with Crippen molar-refractivity contribution in [1.29, 1.82) is 0 Å². The molecule has 0 amide bonds. The van der Waals surface area contributed by atoms with Crippen LogP contribution in [0, 0.1) is 5.92 Å². The minimum atomic E-state index is -2.80. The molecule has 0 aliphatic heterocycles. The molecule has 3 nitrogen and oxygen atoms in total. The van der Waals surface area contributed by atoms with Gasteiger partial charge in [0.2, 0.25) is 0 Å². The first kappa shape index (κ1) is 15.7. The molecule has 0 rings (SSSR count). The summed E-state index contributed by atoms with van der Waals surface area (Å²) in [5, 5.41) is 3.33. The van der Waals surface area contributed by atoms with E-state index in [9.17, 15) is 8.42 Å². The number of nitrogens with one attached hydrogen (secondary N) is 1. The van der Waals surface area contributed by atoms with E-state index in [0.717, 1.165) is 19.5 Å². The third-order valence-electron chi connectivity index (χ3n) is 2.24. The lowest BCUT2D eigenvalue weighted by Gasteiger charge is -2.04. The maximum absolute atomic E-state index is 11.2. The van der Waals surface area contributed by atoms with E-state index in [-0.39, 0.29) is 11.5 Å². The topological polar surface area (TPSA) is 46.2 Å². The van der Waals surface area contributed by atoms with Crippen LogP contribution in [0.25, 0.3) is 0 Å². The molecule has 1 N–H and O–H groups in total. The van der Waals surface area contributed by atoms with Crippen molar-refractivity contribution in [2.75, 3.05) is 24.6 Å². The van der Waals surface area contributed by atoms with Gasteiger partial charge in [-0.2, -0.15) is 0 Å². The van der Waals surface area contributed by atoms with Gasteiger partial charge in [0.05, 0.1) is 5.75 Å². The zero-order valence-corrected chi connectivity index (χ0v) is 11.5. The summed E-state index contributed by atoms with van der Waals surface area (Å²) in [5.41, 5.74) is 0. The van der Waals surface area contributed by atoms with Crippen molar-refractivity contribution in [3.05, 3.63) is 12.2 Å². The van der Waals surface area contributed by atoms with Gasteiger partial charge in [-0.1, -0.05) is 32.9 Å². The minimum absolute atomic E-state index is 0.247. The molecule has 0 radical (unpaired) electrons. The first-order valence-corrected chi connectivity index (χ1v) is 7.86. The second-order valence-electron chi connectivity index (χ2n) is 4.38. The van der Waals surface area contributed by atoms with Crippen molar-refractivity contribution < 1.29 is 8.42 Å². The average molecular weight is 247 g/mol. The van der Waals surface area contributed by atoms with Crippen LogP contribution in [0.5, 0.6) is 0 Å². The van der Waals surface area contributed by atoms with E-state index >= 15 is 0 Å². The second-order valence-corrected chi connectivity index (χ2v) is 6.86. The molecular formula is C12H25NO2S. The van der Waals surface area contributed by atoms with Crippen LogP contribution in [0.3, 0.4) is 0 Å². The van der Waals surface area contributed by atoms with Gasteiger partial charge in [-0.3, -0.25) is 0 Å². The molecular weight excluding hydrogens is 222 g/mol. The molecule has 0 aromatic carbocycles. The van der Waals surface area contributed by atoms with E-state index in [2.05, 4.69) is 25.2 Å². The first-order valence-electron chi connectivity index (χ1n) is 6.04. The Morgan fingerprint density at radius 3 is 2.38 bits per heavy atom. The molecule has 0 bridgehead atoms. The molecule has 0 unspecified atom stereocenters. The molecule has 0 heterocycles. The predicted molar refractivity (Wildman–Crippen MR) is 70.4 cm³/mol. The maximum Gasteiger partial charge on any atom is 0.150 e. The van der Waals surface area contributed by atoms with Crippen LogP contribution < -0.4 is 5.32 Å². The van der Waals surface area contributed by atoms with Gasteiger partial charge in [-0.15, -0.1) is 0 Å². The largest absolute Gasteiger partial charge is 0.316 e. The third kappa shape index (κ3) is 10.2. The molecule has 0 saturated heterocycles. The summed E-state index contributed by atoms with van der Waals surface area (Å²) in [6.45, 7) is 8.05. The fraction of sp³-hybridized carbons (Fsp3) is 0.833. The predicted octanol–water partition coefficient (Wildman–Crippen LogP) is 2.00. The van der Waals surface area contributed by atoms with Crippen LogP contribution in [0.4, 0.5) is 0 Å². The van der Waals surface area contributed by atoms with Crippen LogP contribution in [-0.2, 0) is 9.84 Å². The highest BCUT2D eigenvalue weighted by molar-refractivity contribution is 7.91. The molecule has 0 aromatic rings. The zero-order valence-electron chi connectivity index (χ0n) is 10.7. The van der Waals surface area contributed by atoms with Gasteiger partial charge >= 0.3 is 0 Å². The number of hydrogen-bond donors (Lipinski definition) is 1. The molecule has 0 aliphatic rings. The van der Waals surface area contributed by atoms with Gasteiger partial charge in [0.1, 0.15) is 9.84 Å². The molecule has 0 atom stereocenters. The van der Waals surface area contributed by atoms with Crippen molar-refractivity contribution >= 4 is 9.84 Å². The lowest BCUT2D eigenvalue weighted by atomic mass is 10.2. The van der Waals surface area contributed by atoms with E-state index in [0.29, 0.717) is 12.3 Å². The van der Waals surface area contributed by atoms with E-state index in [1.165, 1.54) is 0 Å². The summed E-state index contributed by atoms with van der Waals surface area (Å²) in [6.07, 6.45) is 5.63. The summed E-state index contributed by atoms with van der Waals surface area (Å²) in [5.74, 6) is 1.20. The monoisotopic (exact) mass is 247 g/mol.